The molecule has 0 fully saturated rings. The van der Waals surface area contributed by atoms with Crippen LogP contribution >= 0.6 is 11.8 Å². The maximum atomic E-state index is 12.1. The number of rotatable bonds is 6. The smallest absolute Gasteiger partial charge is 0.252 e. The summed E-state index contributed by atoms with van der Waals surface area (Å²) in [5, 5.41) is 2.82. The second kappa shape index (κ2) is 7.56. The van der Waals surface area contributed by atoms with E-state index in [0.717, 1.165) is 16.2 Å². The average Bonchev–Trinajstić information content (AvgIpc) is 2.52. The molecule has 1 N–H and O–H groups in total. The second-order valence-corrected chi connectivity index (χ2v) is 5.29. The lowest BCUT2D eigenvalue weighted by molar-refractivity contribution is 0.0955. The van der Waals surface area contributed by atoms with Crippen LogP contribution < -0.4 is 5.32 Å². The normalized spacial score (nSPS) is 10.0. The molecule has 0 aliphatic heterocycles. The molecule has 0 spiro atoms. The molecule has 0 heterocycles. The van der Waals surface area contributed by atoms with Gasteiger partial charge in [0.25, 0.3) is 5.91 Å². The van der Waals surface area contributed by atoms with Crippen molar-refractivity contribution in [2.75, 3.05) is 6.54 Å². The Labute approximate surface area is 123 Å². The molecule has 102 valence electrons. The Bertz CT molecular complexity index is 581. The topological polar surface area (TPSA) is 29.1 Å². The summed E-state index contributed by atoms with van der Waals surface area (Å²) in [4.78, 5) is 13.1. The minimum Gasteiger partial charge on any atom is -0.349 e. The van der Waals surface area contributed by atoms with Gasteiger partial charge in [0, 0.05) is 17.2 Å². The van der Waals surface area contributed by atoms with Gasteiger partial charge in [0.1, 0.15) is 0 Å². The molecule has 1 amide bonds. The van der Waals surface area contributed by atoms with E-state index in [9.17, 15) is 4.79 Å². The van der Waals surface area contributed by atoms with Crippen molar-refractivity contribution in [1.29, 1.82) is 0 Å². The van der Waals surface area contributed by atoms with Crippen LogP contribution in [0.15, 0.2) is 72.1 Å². The summed E-state index contributed by atoms with van der Waals surface area (Å²) in [7, 11) is 0. The highest BCUT2D eigenvalue weighted by atomic mass is 32.2. The van der Waals surface area contributed by atoms with Crippen molar-refractivity contribution in [1.82, 2.24) is 5.32 Å². The summed E-state index contributed by atoms with van der Waals surface area (Å²) < 4.78 is 0. The van der Waals surface area contributed by atoms with E-state index in [-0.39, 0.29) is 5.91 Å². The van der Waals surface area contributed by atoms with Crippen LogP contribution in [0.3, 0.4) is 0 Å². The highest BCUT2D eigenvalue weighted by molar-refractivity contribution is 7.98. The molecule has 20 heavy (non-hydrogen) atoms. The molecule has 0 atom stereocenters. The predicted octanol–water partition coefficient (Wildman–Crippen LogP) is 3.89. The van der Waals surface area contributed by atoms with Gasteiger partial charge in [0.2, 0.25) is 0 Å². The van der Waals surface area contributed by atoms with E-state index >= 15 is 0 Å². The van der Waals surface area contributed by atoms with Crippen molar-refractivity contribution in [3.63, 3.8) is 0 Å². The maximum Gasteiger partial charge on any atom is 0.252 e. The van der Waals surface area contributed by atoms with Crippen molar-refractivity contribution in [2.45, 2.75) is 10.6 Å². The number of nitrogens with one attached hydrogen (secondary N) is 1. The van der Waals surface area contributed by atoms with Gasteiger partial charge in [0.15, 0.2) is 0 Å². The average molecular weight is 283 g/mol. The van der Waals surface area contributed by atoms with E-state index in [1.54, 1.807) is 17.8 Å². The molecule has 0 saturated heterocycles. The minimum absolute atomic E-state index is 0.0546. The standard InChI is InChI=1S/C17H17NOS/c1-2-12-18-17(19)15-10-6-7-11-16(15)20-13-14-8-4-3-5-9-14/h2-11H,1,12-13H2,(H,18,19). The number of carbonyl (C=O) groups is 1. The molecule has 0 bridgehead atoms. The Morgan fingerprint density at radius 3 is 2.55 bits per heavy atom. The Kier molecular flexibility index (Phi) is 5.44. The van der Waals surface area contributed by atoms with Gasteiger partial charge in [0.05, 0.1) is 5.56 Å². The Hall–Kier alpha value is -2.00. The van der Waals surface area contributed by atoms with Crippen LogP contribution in [0.5, 0.6) is 0 Å². The quantitative estimate of drug-likeness (QED) is 0.643. The summed E-state index contributed by atoms with van der Waals surface area (Å²) in [6, 6.07) is 17.9. The van der Waals surface area contributed by atoms with Gasteiger partial charge in [-0.3, -0.25) is 4.79 Å². The van der Waals surface area contributed by atoms with Gasteiger partial charge in [-0.05, 0) is 17.7 Å². The fourth-order valence-electron chi connectivity index (χ4n) is 1.78. The van der Waals surface area contributed by atoms with Crippen molar-refractivity contribution in [3.8, 4) is 0 Å². The van der Waals surface area contributed by atoms with E-state index in [1.165, 1.54) is 5.56 Å². The molecule has 2 nitrogen and oxygen atoms in total. The molecule has 0 aliphatic carbocycles. The van der Waals surface area contributed by atoms with Crippen LogP contribution in [0.25, 0.3) is 0 Å². The molecule has 0 saturated carbocycles. The van der Waals surface area contributed by atoms with Crippen LogP contribution in [-0.2, 0) is 5.75 Å². The number of hydrogen-bond donors (Lipinski definition) is 1. The van der Waals surface area contributed by atoms with Gasteiger partial charge in [-0.15, -0.1) is 18.3 Å². The van der Waals surface area contributed by atoms with Crippen LogP contribution in [0.4, 0.5) is 0 Å². The third-order valence-electron chi connectivity index (χ3n) is 2.78. The van der Waals surface area contributed by atoms with Crippen molar-refractivity contribution < 1.29 is 4.79 Å². The van der Waals surface area contributed by atoms with E-state index in [1.807, 2.05) is 42.5 Å². The molecule has 0 aliphatic rings. The van der Waals surface area contributed by atoms with Gasteiger partial charge < -0.3 is 5.32 Å². The number of amides is 1. The van der Waals surface area contributed by atoms with E-state index in [4.69, 9.17) is 0 Å². The van der Waals surface area contributed by atoms with Gasteiger partial charge in [-0.25, -0.2) is 0 Å². The lowest BCUT2D eigenvalue weighted by atomic mass is 10.2. The SMILES string of the molecule is C=CCNC(=O)c1ccccc1SCc1ccccc1. The Morgan fingerprint density at radius 2 is 1.80 bits per heavy atom. The summed E-state index contributed by atoms with van der Waals surface area (Å²) >= 11 is 1.68. The number of benzene rings is 2. The lowest BCUT2D eigenvalue weighted by Crippen LogP contribution is -2.23. The molecule has 2 aromatic rings. The molecule has 0 unspecified atom stereocenters. The largest absolute Gasteiger partial charge is 0.349 e. The van der Waals surface area contributed by atoms with E-state index in [0.29, 0.717) is 6.54 Å². The zero-order valence-corrected chi connectivity index (χ0v) is 12.0. The molecule has 0 aromatic heterocycles. The van der Waals surface area contributed by atoms with Crippen LogP contribution in [0, 0.1) is 0 Å². The highest BCUT2D eigenvalue weighted by Gasteiger charge is 2.10. The zero-order valence-electron chi connectivity index (χ0n) is 11.2. The van der Waals surface area contributed by atoms with Crippen LogP contribution in [0.2, 0.25) is 0 Å². The van der Waals surface area contributed by atoms with Crippen molar-refractivity contribution in [3.05, 3.63) is 78.4 Å². The van der Waals surface area contributed by atoms with E-state index in [2.05, 4.69) is 24.0 Å². The molecule has 2 rings (SSSR count). The molecule has 0 radical (unpaired) electrons. The summed E-state index contributed by atoms with van der Waals surface area (Å²) in [6.45, 7) is 4.09. The zero-order chi connectivity index (χ0) is 14.2. The fourth-order valence-corrected chi connectivity index (χ4v) is 2.78. The number of hydrogen-bond acceptors (Lipinski definition) is 2. The first kappa shape index (κ1) is 14.4. The minimum atomic E-state index is -0.0546. The summed E-state index contributed by atoms with van der Waals surface area (Å²) in [6.07, 6.45) is 1.68. The third-order valence-corrected chi connectivity index (χ3v) is 3.92. The van der Waals surface area contributed by atoms with Gasteiger partial charge in [-0.2, -0.15) is 0 Å². The number of thioether (sulfide) groups is 1. The van der Waals surface area contributed by atoms with E-state index < -0.39 is 0 Å². The Balaban J connectivity index is 2.07. The first-order chi connectivity index (χ1) is 9.81. The predicted molar refractivity (Wildman–Crippen MR) is 85.0 cm³/mol. The van der Waals surface area contributed by atoms with Crippen LogP contribution in [0.1, 0.15) is 15.9 Å². The number of carbonyl (C=O) groups excluding carboxylic acids is 1. The third kappa shape index (κ3) is 4.00. The summed E-state index contributed by atoms with van der Waals surface area (Å²) in [5.74, 6) is 0.799. The van der Waals surface area contributed by atoms with Crippen LogP contribution in [-0.4, -0.2) is 12.5 Å². The van der Waals surface area contributed by atoms with Gasteiger partial charge in [-0.1, -0.05) is 48.5 Å². The Morgan fingerprint density at radius 1 is 1.10 bits per heavy atom. The van der Waals surface area contributed by atoms with Crippen molar-refractivity contribution in [2.24, 2.45) is 0 Å². The first-order valence-electron chi connectivity index (χ1n) is 6.46. The molecular weight excluding hydrogens is 266 g/mol. The maximum absolute atomic E-state index is 12.1. The summed E-state index contributed by atoms with van der Waals surface area (Å²) in [5.41, 5.74) is 1.97. The van der Waals surface area contributed by atoms with Crippen molar-refractivity contribution >= 4 is 17.7 Å². The van der Waals surface area contributed by atoms with Gasteiger partial charge >= 0.3 is 0 Å². The molecule has 2 aromatic carbocycles. The lowest BCUT2D eigenvalue weighted by Gasteiger charge is -2.09. The molecular formula is C17H17NOS. The molecule has 3 heteroatoms. The highest BCUT2D eigenvalue weighted by Crippen LogP contribution is 2.26. The fraction of sp³-hybridized carbons (Fsp3) is 0.118. The second-order valence-electron chi connectivity index (χ2n) is 4.27. The first-order valence-corrected chi connectivity index (χ1v) is 7.44. The monoisotopic (exact) mass is 283 g/mol.